The summed E-state index contributed by atoms with van der Waals surface area (Å²) in [5, 5.41) is 6.42. The third-order valence-corrected chi connectivity index (χ3v) is 3.76. The van der Waals surface area contributed by atoms with Gasteiger partial charge in [0.05, 0.1) is 17.4 Å². The number of nitrogens with one attached hydrogen (secondary N) is 2. The summed E-state index contributed by atoms with van der Waals surface area (Å²) in [6, 6.07) is 8.20. The van der Waals surface area contributed by atoms with Crippen molar-refractivity contribution in [3.63, 3.8) is 0 Å². The smallest absolute Gasteiger partial charge is 0.253 e. The summed E-state index contributed by atoms with van der Waals surface area (Å²) in [4.78, 5) is 16.6. The molecule has 1 amide bonds. The largest absolute Gasteiger partial charge is 0.354 e. The third-order valence-electron chi connectivity index (χ3n) is 3.76. The molecule has 2 rings (SSSR count). The van der Waals surface area contributed by atoms with Crippen molar-refractivity contribution in [1.29, 1.82) is 0 Å². The van der Waals surface area contributed by atoms with E-state index in [2.05, 4.69) is 47.7 Å². The predicted molar refractivity (Wildman–Crippen MR) is 99.9 cm³/mol. The summed E-state index contributed by atoms with van der Waals surface area (Å²) in [6.45, 7) is 10.2. The lowest BCUT2D eigenvalue weighted by Gasteiger charge is -2.21. The van der Waals surface area contributed by atoms with Gasteiger partial charge in [0, 0.05) is 17.4 Å². The molecule has 0 aliphatic heterocycles. The van der Waals surface area contributed by atoms with E-state index < -0.39 is 0 Å². The minimum Gasteiger partial charge on any atom is -0.354 e. The highest BCUT2D eigenvalue weighted by molar-refractivity contribution is 5.95. The molecule has 0 aliphatic carbocycles. The van der Waals surface area contributed by atoms with Crippen molar-refractivity contribution < 1.29 is 4.79 Å². The first-order chi connectivity index (χ1) is 11.3. The van der Waals surface area contributed by atoms with Crippen LogP contribution in [0.5, 0.6) is 0 Å². The molecule has 24 heavy (non-hydrogen) atoms. The highest BCUT2D eigenvalue weighted by atomic mass is 16.1. The quantitative estimate of drug-likeness (QED) is 0.852. The van der Waals surface area contributed by atoms with Crippen LogP contribution in [0.2, 0.25) is 0 Å². The zero-order valence-corrected chi connectivity index (χ0v) is 15.2. The van der Waals surface area contributed by atoms with Gasteiger partial charge in [-0.1, -0.05) is 32.0 Å². The number of para-hydroxylation sites is 1. The van der Waals surface area contributed by atoms with E-state index in [1.54, 1.807) is 12.4 Å². The molecule has 0 radical (unpaired) electrons. The number of aryl methyl sites for hydroxylation is 2. The van der Waals surface area contributed by atoms with Crippen LogP contribution < -0.4 is 10.6 Å². The Labute approximate surface area is 144 Å². The lowest BCUT2D eigenvalue weighted by atomic mass is 10.0. The second-order valence-corrected chi connectivity index (χ2v) is 6.95. The number of rotatable bonds is 5. The molecule has 0 saturated carbocycles. The van der Waals surface area contributed by atoms with Gasteiger partial charge in [0.25, 0.3) is 5.91 Å². The van der Waals surface area contributed by atoms with Gasteiger partial charge in [-0.15, -0.1) is 0 Å². The van der Waals surface area contributed by atoms with Crippen LogP contribution in [-0.4, -0.2) is 16.4 Å². The van der Waals surface area contributed by atoms with Crippen LogP contribution in [0.15, 0.2) is 36.7 Å². The van der Waals surface area contributed by atoms with E-state index >= 15 is 0 Å². The Hall–Kier alpha value is -2.36. The van der Waals surface area contributed by atoms with Gasteiger partial charge in [-0.3, -0.25) is 9.78 Å². The average Bonchev–Trinajstić information content (AvgIpc) is 2.53. The van der Waals surface area contributed by atoms with Crippen LogP contribution in [-0.2, 0) is 12.8 Å². The number of hydrogen-bond acceptors (Lipinski definition) is 3. The van der Waals surface area contributed by atoms with Crippen molar-refractivity contribution in [2.45, 2.75) is 53.0 Å². The van der Waals surface area contributed by atoms with Gasteiger partial charge in [-0.2, -0.15) is 0 Å². The Kier molecular flexibility index (Phi) is 5.60. The first kappa shape index (κ1) is 18.0. The summed E-state index contributed by atoms with van der Waals surface area (Å²) in [5.74, 6) is -0.113. The van der Waals surface area contributed by atoms with Crippen molar-refractivity contribution in [3.05, 3.63) is 53.3 Å². The lowest BCUT2D eigenvalue weighted by Crippen LogP contribution is -2.40. The lowest BCUT2D eigenvalue weighted by molar-refractivity contribution is 0.0919. The van der Waals surface area contributed by atoms with Gasteiger partial charge in [0.15, 0.2) is 0 Å². The van der Waals surface area contributed by atoms with Crippen LogP contribution in [0, 0.1) is 0 Å². The number of aromatic nitrogens is 1. The molecule has 2 N–H and O–H groups in total. The predicted octanol–water partition coefficient (Wildman–Crippen LogP) is 4.48. The van der Waals surface area contributed by atoms with Gasteiger partial charge in [-0.05, 0) is 50.8 Å². The molecule has 1 aromatic carbocycles. The normalized spacial score (nSPS) is 11.2. The van der Waals surface area contributed by atoms with E-state index in [1.165, 1.54) is 11.1 Å². The Morgan fingerprint density at radius 3 is 2.25 bits per heavy atom. The number of nitrogens with zero attached hydrogens (tertiary/aromatic N) is 1. The van der Waals surface area contributed by atoms with Gasteiger partial charge in [0.1, 0.15) is 0 Å². The molecule has 0 unspecified atom stereocenters. The minimum atomic E-state index is -0.273. The molecular formula is C20H27N3O. The first-order valence-corrected chi connectivity index (χ1v) is 8.49. The SMILES string of the molecule is CCc1cccc(CC)c1Nc1cncc(C(=O)NC(C)(C)C)c1. The zero-order chi connectivity index (χ0) is 17.7. The number of benzene rings is 1. The van der Waals surface area contributed by atoms with Gasteiger partial charge >= 0.3 is 0 Å². The molecule has 4 heteroatoms. The standard InChI is InChI=1S/C20H27N3O/c1-6-14-9-8-10-15(7-2)18(14)22-17-11-16(12-21-13-17)19(24)23-20(3,4)5/h8-13,22H,6-7H2,1-5H3,(H,23,24). The Morgan fingerprint density at radius 1 is 1.08 bits per heavy atom. The van der Waals surface area contributed by atoms with Crippen LogP contribution in [0.25, 0.3) is 0 Å². The fourth-order valence-electron chi connectivity index (χ4n) is 2.59. The number of anilines is 2. The maximum atomic E-state index is 12.3. The molecule has 0 aliphatic rings. The zero-order valence-electron chi connectivity index (χ0n) is 15.2. The van der Waals surface area contributed by atoms with Gasteiger partial charge in [-0.25, -0.2) is 0 Å². The number of hydrogen-bond donors (Lipinski definition) is 2. The number of carbonyl (C=O) groups is 1. The van der Waals surface area contributed by atoms with Crippen molar-refractivity contribution in [1.82, 2.24) is 10.3 Å². The third kappa shape index (κ3) is 4.57. The Morgan fingerprint density at radius 2 is 1.71 bits per heavy atom. The van der Waals surface area contributed by atoms with Crippen molar-refractivity contribution in [2.75, 3.05) is 5.32 Å². The number of pyridine rings is 1. The molecule has 0 atom stereocenters. The maximum Gasteiger partial charge on any atom is 0.253 e. The number of carbonyl (C=O) groups excluding carboxylic acids is 1. The molecule has 128 valence electrons. The number of amides is 1. The van der Waals surface area contributed by atoms with Crippen molar-refractivity contribution in [3.8, 4) is 0 Å². The Bertz CT molecular complexity index is 695. The molecule has 0 spiro atoms. The molecular weight excluding hydrogens is 298 g/mol. The second kappa shape index (κ2) is 7.47. The molecule has 2 aromatic rings. The summed E-state index contributed by atoms with van der Waals surface area (Å²) < 4.78 is 0. The fraction of sp³-hybridized carbons (Fsp3) is 0.400. The van der Waals surface area contributed by atoms with Gasteiger partial charge < -0.3 is 10.6 Å². The summed E-state index contributed by atoms with van der Waals surface area (Å²) in [6.07, 6.45) is 5.25. The van der Waals surface area contributed by atoms with E-state index in [-0.39, 0.29) is 11.4 Å². The van der Waals surface area contributed by atoms with Crippen LogP contribution in [0.1, 0.15) is 56.1 Å². The van der Waals surface area contributed by atoms with Crippen molar-refractivity contribution in [2.24, 2.45) is 0 Å². The van der Waals surface area contributed by atoms with Crippen LogP contribution in [0.3, 0.4) is 0 Å². The van der Waals surface area contributed by atoms with Crippen LogP contribution >= 0.6 is 0 Å². The Balaban J connectivity index is 2.29. The van der Waals surface area contributed by atoms with E-state index in [0.29, 0.717) is 5.56 Å². The van der Waals surface area contributed by atoms with E-state index in [1.807, 2.05) is 26.8 Å². The summed E-state index contributed by atoms with van der Waals surface area (Å²) >= 11 is 0. The summed E-state index contributed by atoms with van der Waals surface area (Å²) in [7, 11) is 0. The topological polar surface area (TPSA) is 54.0 Å². The monoisotopic (exact) mass is 325 g/mol. The maximum absolute atomic E-state index is 12.3. The van der Waals surface area contributed by atoms with Crippen molar-refractivity contribution >= 4 is 17.3 Å². The molecule has 1 aromatic heterocycles. The fourth-order valence-corrected chi connectivity index (χ4v) is 2.59. The molecule has 4 nitrogen and oxygen atoms in total. The minimum absolute atomic E-state index is 0.113. The summed E-state index contributed by atoms with van der Waals surface area (Å²) in [5.41, 5.74) is 4.76. The average molecular weight is 325 g/mol. The molecule has 0 saturated heterocycles. The van der Waals surface area contributed by atoms with E-state index in [4.69, 9.17) is 0 Å². The first-order valence-electron chi connectivity index (χ1n) is 8.49. The molecule has 1 heterocycles. The molecule has 0 fully saturated rings. The van der Waals surface area contributed by atoms with E-state index in [0.717, 1.165) is 24.2 Å². The van der Waals surface area contributed by atoms with Crippen LogP contribution in [0.4, 0.5) is 11.4 Å². The molecule has 0 bridgehead atoms. The van der Waals surface area contributed by atoms with Gasteiger partial charge in [0.2, 0.25) is 0 Å². The highest BCUT2D eigenvalue weighted by Gasteiger charge is 2.16. The highest BCUT2D eigenvalue weighted by Crippen LogP contribution is 2.26. The second-order valence-electron chi connectivity index (χ2n) is 6.95. The van der Waals surface area contributed by atoms with E-state index in [9.17, 15) is 4.79 Å².